The maximum absolute atomic E-state index is 13.4. The minimum absolute atomic E-state index is 0.0914. The normalized spacial score (nSPS) is 10.8. The quantitative estimate of drug-likeness (QED) is 0.598. The number of aromatic nitrogens is 1. The van der Waals surface area contributed by atoms with Crippen LogP contribution in [0.25, 0.3) is 0 Å². The summed E-state index contributed by atoms with van der Waals surface area (Å²) in [5.41, 5.74) is 0.829. The molecule has 2 nitrogen and oxygen atoms in total. The fourth-order valence-corrected chi connectivity index (χ4v) is 1.38. The van der Waals surface area contributed by atoms with Crippen molar-refractivity contribution in [1.82, 2.24) is 4.98 Å². The van der Waals surface area contributed by atoms with Gasteiger partial charge in [-0.15, -0.1) is 0 Å². The molecular weight excluding hydrogens is 253 g/mol. The molecule has 0 saturated carbocycles. The highest BCUT2D eigenvalue weighted by Gasteiger charge is 2.05. The van der Waals surface area contributed by atoms with Gasteiger partial charge in [-0.1, -0.05) is 43.7 Å². The van der Waals surface area contributed by atoms with Crippen molar-refractivity contribution in [2.45, 2.75) is 33.1 Å². The number of nitrogens with zero attached hydrogens (tertiary/aromatic N) is 1. The second-order valence-electron chi connectivity index (χ2n) is 3.61. The van der Waals surface area contributed by atoms with Crippen molar-refractivity contribution in [2.24, 2.45) is 0 Å². The van der Waals surface area contributed by atoms with Crippen molar-refractivity contribution < 1.29 is 9.13 Å². The van der Waals surface area contributed by atoms with Gasteiger partial charge in [0, 0.05) is 18.2 Å². The summed E-state index contributed by atoms with van der Waals surface area (Å²) in [6, 6.07) is 1.16. The molecule has 1 aromatic rings. The van der Waals surface area contributed by atoms with E-state index >= 15 is 0 Å². The lowest BCUT2D eigenvalue weighted by atomic mass is 10.2. The SMILES string of the molecule is CCC#C/C(=C/Oc1ncc(Cl)cc1F)CCC. The fourth-order valence-electron chi connectivity index (χ4n) is 1.24. The Kier molecular flexibility index (Phi) is 6.24. The van der Waals surface area contributed by atoms with E-state index in [-0.39, 0.29) is 10.9 Å². The monoisotopic (exact) mass is 267 g/mol. The third-order valence-corrected chi connectivity index (χ3v) is 2.24. The minimum atomic E-state index is -0.585. The maximum atomic E-state index is 13.4. The number of rotatable bonds is 4. The van der Waals surface area contributed by atoms with E-state index in [2.05, 4.69) is 16.8 Å². The lowest BCUT2D eigenvalue weighted by Gasteiger charge is -2.02. The van der Waals surface area contributed by atoms with Gasteiger partial charge in [0.25, 0.3) is 5.88 Å². The Bertz CT molecular complexity index is 488. The summed E-state index contributed by atoms with van der Waals surface area (Å²) in [5, 5.41) is 0.239. The molecule has 0 aliphatic carbocycles. The van der Waals surface area contributed by atoms with Gasteiger partial charge >= 0.3 is 0 Å². The summed E-state index contributed by atoms with van der Waals surface area (Å²) >= 11 is 5.60. The first-order chi connectivity index (χ1) is 8.67. The van der Waals surface area contributed by atoms with E-state index in [9.17, 15) is 4.39 Å². The van der Waals surface area contributed by atoms with Crippen LogP contribution in [0.4, 0.5) is 4.39 Å². The van der Waals surface area contributed by atoms with E-state index in [1.165, 1.54) is 12.5 Å². The van der Waals surface area contributed by atoms with Crippen molar-refractivity contribution in [3.05, 3.63) is 34.9 Å². The Morgan fingerprint density at radius 3 is 2.94 bits per heavy atom. The van der Waals surface area contributed by atoms with Crippen LogP contribution in [-0.4, -0.2) is 4.98 Å². The average molecular weight is 268 g/mol. The molecule has 96 valence electrons. The van der Waals surface area contributed by atoms with Gasteiger partial charge in [-0.3, -0.25) is 0 Å². The second-order valence-corrected chi connectivity index (χ2v) is 4.04. The van der Waals surface area contributed by atoms with Crippen LogP contribution in [0.2, 0.25) is 5.02 Å². The Morgan fingerprint density at radius 2 is 2.33 bits per heavy atom. The third kappa shape index (κ3) is 4.77. The van der Waals surface area contributed by atoms with Gasteiger partial charge in [0.15, 0.2) is 5.82 Å². The Labute approximate surface area is 112 Å². The molecule has 1 aromatic heterocycles. The van der Waals surface area contributed by atoms with Gasteiger partial charge in [0.2, 0.25) is 0 Å². The molecule has 0 aliphatic heterocycles. The summed E-state index contributed by atoms with van der Waals surface area (Å²) in [6.45, 7) is 4.01. The minimum Gasteiger partial charge on any atom is -0.443 e. The van der Waals surface area contributed by atoms with Gasteiger partial charge < -0.3 is 4.74 Å². The van der Waals surface area contributed by atoms with Crippen LogP contribution in [0.5, 0.6) is 5.88 Å². The molecule has 0 fully saturated rings. The Balaban J connectivity index is 2.81. The highest BCUT2D eigenvalue weighted by molar-refractivity contribution is 6.30. The smallest absolute Gasteiger partial charge is 0.255 e. The molecule has 0 amide bonds. The molecule has 0 bridgehead atoms. The van der Waals surface area contributed by atoms with Crippen LogP contribution >= 0.6 is 11.6 Å². The first-order valence-electron chi connectivity index (χ1n) is 5.83. The first kappa shape index (κ1) is 14.5. The predicted molar refractivity (Wildman–Crippen MR) is 70.9 cm³/mol. The van der Waals surface area contributed by atoms with E-state index in [0.717, 1.165) is 30.9 Å². The molecule has 1 heterocycles. The average Bonchev–Trinajstić information content (AvgIpc) is 2.34. The van der Waals surface area contributed by atoms with Gasteiger partial charge in [-0.2, -0.15) is 0 Å². The second kappa shape index (κ2) is 7.73. The number of pyridine rings is 1. The fraction of sp³-hybridized carbons (Fsp3) is 0.357. The zero-order valence-electron chi connectivity index (χ0n) is 10.5. The predicted octanol–water partition coefficient (Wildman–Crippen LogP) is 4.35. The van der Waals surface area contributed by atoms with E-state index in [0.29, 0.717) is 0 Å². The number of hydrogen-bond acceptors (Lipinski definition) is 2. The van der Waals surface area contributed by atoms with Gasteiger partial charge in [-0.25, -0.2) is 9.37 Å². The van der Waals surface area contributed by atoms with E-state index in [1.807, 2.05) is 13.8 Å². The van der Waals surface area contributed by atoms with Crippen molar-refractivity contribution in [3.8, 4) is 17.7 Å². The molecule has 0 spiro atoms. The molecule has 0 saturated heterocycles. The Hall–Kier alpha value is -1.53. The Morgan fingerprint density at radius 1 is 1.56 bits per heavy atom. The van der Waals surface area contributed by atoms with Crippen LogP contribution in [0.1, 0.15) is 33.1 Å². The van der Waals surface area contributed by atoms with Crippen molar-refractivity contribution in [3.63, 3.8) is 0 Å². The molecule has 0 atom stereocenters. The standard InChI is InChI=1S/C14H15ClFNO/c1-3-5-7-11(6-4-2)10-18-14-13(16)8-12(15)9-17-14/h8-10H,3-4,6H2,1-2H3/b11-10+. The zero-order valence-corrected chi connectivity index (χ0v) is 11.2. The lowest BCUT2D eigenvalue weighted by Crippen LogP contribution is -1.93. The van der Waals surface area contributed by atoms with Crippen LogP contribution < -0.4 is 4.74 Å². The number of ether oxygens (including phenoxy) is 1. The summed E-state index contributed by atoms with van der Waals surface area (Å²) in [6.07, 6.45) is 5.30. The first-order valence-corrected chi connectivity index (χ1v) is 6.20. The highest BCUT2D eigenvalue weighted by Crippen LogP contribution is 2.18. The van der Waals surface area contributed by atoms with Gasteiger partial charge in [0.1, 0.15) is 6.26 Å². The topological polar surface area (TPSA) is 22.1 Å². The van der Waals surface area contributed by atoms with E-state index in [1.54, 1.807) is 0 Å². The summed E-state index contributed by atoms with van der Waals surface area (Å²) in [4.78, 5) is 3.77. The van der Waals surface area contributed by atoms with Crippen molar-refractivity contribution in [2.75, 3.05) is 0 Å². The molecule has 0 radical (unpaired) electrons. The van der Waals surface area contributed by atoms with Gasteiger partial charge in [-0.05, 0) is 12.5 Å². The van der Waals surface area contributed by atoms with E-state index in [4.69, 9.17) is 16.3 Å². The molecule has 0 aromatic carbocycles. The molecule has 0 aliphatic rings. The molecular formula is C14H15ClFNO. The third-order valence-electron chi connectivity index (χ3n) is 2.03. The number of hydrogen-bond donors (Lipinski definition) is 0. The number of allylic oxidation sites excluding steroid dienone is 1. The number of halogens is 2. The van der Waals surface area contributed by atoms with Crippen LogP contribution in [0.15, 0.2) is 24.1 Å². The maximum Gasteiger partial charge on any atom is 0.255 e. The summed E-state index contributed by atoms with van der Waals surface area (Å²) in [7, 11) is 0. The van der Waals surface area contributed by atoms with Crippen molar-refractivity contribution >= 4 is 11.6 Å². The molecule has 0 N–H and O–H groups in total. The molecule has 0 unspecified atom stereocenters. The molecule has 18 heavy (non-hydrogen) atoms. The van der Waals surface area contributed by atoms with Crippen LogP contribution in [0.3, 0.4) is 0 Å². The largest absolute Gasteiger partial charge is 0.443 e. The van der Waals surface area contributed by atoms with Crippen molar-refractivity contribution in [1.29, 1.82) is 0 Å². The van der Waals surface area contributed by atoms with Crippen LogP contribution in [0, 0.1) is 17.7 Å². The van der Waals surface area contributed by atoms with E-state index < -0.39 is 5.82 Å². The molecule has 1 rings (SSSR count). The highest BCUT2D eigenvalue weighted by atomic mass is 35.5. The van der Waals surface area contributed by atoms with Crippen LogP contribution in [-0.2, 0) is 0 Å². The summed E-state index contributed by atoms with van der Waals surface area (Å²) in [5.74, 6) is 5.26. The van der Waals surface area contributed by atoms with Gasteiger partial charge in [0.05, 0.1) is 5.02 Å². The lowest BCUT2D eigenvalue weighted by molar-refractivity contribution is 0.417. The summed E-state index contributed by atoms with van der Waals surface area (Å²) < 4.78 is 18.6. The zero-order chi connectivity index (χ0) is 13.4. The molecule has 4 heteroatoms.